The van der Waals surface area contributed by atoms with Crippen molar-refractivity contribution in [3.63, 3.8) is 0 Å². The van der Waals surface area contributed by atoms with Crippen LogP contribution in [0.1, 0.15) is 5.69 Å². The van der Waals surface area contributed by atoms with Gasteiger partial charge in [0.05, 0.1) is 0 Å². The summed E-state index contributed by atoms with van der Waals surface area (Å²) < 4.78 is 0. The number of aryl methyl sites for hydroxylation is 1. The number of aromatic amines is 1. The number of hydrogen-bond donors (Lipinski definition) is 1. The summed E-state index contributed by atoms with van der Waals surface area (Å²) in [5.74, 6) is -0.195. The van der Waals surface area contributed by atoms with Crippen LogP contribution in [0.25, 0.3) is 11.0 Å². The Balaban J connectivity index is 2.89. The second-order valence-electron chi connectivity index (χ2n) is 3.78. The van der Waals surface area contributed by atoms with Crippen LogP contribution in [-0.4, -0.2) is 22.5 Å². The molecular formula is C11H12N2O2S. The van der Waals surface area contributed by atoms with Crippen molar-refractivity contribution in [2.24, 2.45) is 0 Å². The van der Waals surface area contributed by atoms with Gasteiger partial charge in [-0.1, -0.05) is 0 Å². The van der Waals surface area contributed by atoms with Gasteiger partial charge in [-0.2, -0.15) is 0 Å². The van der Waals surface area contributed by atoms with E-state index in [2.05, 4.69) is 9.97 Å². The fraction of sp³-hybridized carbons (Fsp3) is 0.273. The third-order valence-corrected chi connectivity index (χ3v) is 3.52. The van der Waals surface area contributed by atoms with Crippen molar-refractivity contribution in [3.8, 4) is 5.75 Å². The molecule has 4 nitrogen and oxygen atoms in total. The average Bonchev–Trinajstić information content (AvgIpc) is 2.15. The van der Waals surface area contributed by atoms with E-state index in [1.54, 1.807) is 12.1 Å². The molecule has 0 bridgehead atoms. The summed E-state index contributed by atoms with van der Waals surface area (Å²) in [6.07, 6.45) is 3.72. The maximum atomic E-state index is 12.0. The van der Waals surface area contributed by atoms with Crippen LogP contribution in [0.4, 0.5) is 0 Å². The van der Waals surface area contributed by atoms with E-state index in [9.17, 15) is 9.90 Å². The zero-order valence-corrected chi connectivity index (χ0v) is 10.1. The molecule has 2 aromatic heterocycles. The number of nitrogens with zero attached hydrogens (tertiary/aromatic N) is 1. The second-order valence-corrected chi connectivity index (χ2v) is 5.82. The largest absolute Gasteiger partial charge is 0.868 e. The van der Waals surface area contributed by atoms with Crippen LogP contribution in [0.15, 0.2) is 21.8 Å². The van der Waals surface area contributed by atoms with Crippen molar-refractivity contribution >= 4 is 21.9 Å². The molecular weight excluding hydrogens is 224 g/mol. The van der Waals surface area contributed by atoms with Crippen molar-refractivity contribution in [1.29, 1.82) is 0 Å². The summed E-state index contributed by atoms with van der Waals surface area (Å²) in [5, 5.41) is 12.5. The Kier molecular flexibility index (Phi) is 2.63. The maximum Gasteiger partial charge on any atom is 0.304 e. The molecule has 0 aliphatic carbocycles. The Morgan fingerprint density at radius 1 is 1.38 bits per heavy atom. The highest BCUT2D eigenvalue weighted by Crippen LogP contribution is 2.24. The number of pyridine rings is 2. The van der Waals surface area contributed by atoms with Gasteiger partial charge in [0, 0.05) is 22.0 Å². The van der Waals surface area contributed by atoms with Crippen molar-refractivity contribution in [3.05, 3.63) is 28.2 Å². The zero-order valence-electron chi connectivity index (χ0n) is 9.33. The standard InChI is InChI=1S/C11H12N2O2S/c1-6-4-5-7-8(14)9(16(2)3)11(15)13-10(7)12-6/h4-5H,1-3H3,(H-,12,13,14,15). The van der Waals surface area contributed by atoms with Crippen molar-refractivity contribution in [2.45, 2.75) is 11.8 Å². The molecule has 2 rings (SSSR count). The summed E-state index contributed by atoms with van der Waals surface area (Å²) in [7, 11) is -0.348. The monoisotopic (exact) mass is 236 g/mol. The van der Waals surface area contributed by atoms with Crippen LogP contribution in [0.5, 0.6) is 5.75 Å². The van der Waals surface area contributed by atoms with Crippen molar-refractivity contribution in [1.82, 2.24) is 9.97 Å². The lowest BCUT2D eigenvalue weighted by Gasteiger charge is -2.12. The minimum absolute atomic E-state index is 0.195. The molecule has 0 fully saturated rings. The number of hydrogen-bond acceptors (Lipinski definition) is 3. The Hall–Kier alpha value is -1.49. The Morgan fingerprint density at radius 2 is 2.06 bits per heavy atom. The second kappa shape index (κ2) is 3.83. The van der Waals surface area contributed by atoms with E-state index in [0.717, 1.165) is 5.69 Å². The third-order valence-electron chi connectivity index (χ3n) is 2.33. The van der Waals surface area contributed by atoms with Crippen molar-refractivity contribution in [2.75, 3.05) is 12.5 Å². The average molecular weight is 236 g/mol. The van der Waals surface area contributed by atoms with Crippen LogP contribution in [0.3, 0.4) is 0 Å². The highest BCUT2D eigenvalue weighted by atomic mass is 32.2. The molecule has 0 unspecified atom stereocenters. The van der Waals surface area contributed by atoms with Gasteiger partial charge in [0.1, 0.15) is 18.2 Å². The lowest BCUT2D eigenvalue weighted by Crippen LogP contribution is -2.20. The summed E-state index contributed by atoms with van der Waals surface area (Å²) in [4.78, 5) is 18.9. The molecule has 0 saturated heterocycles. The van der Waals surface area contributed by atoms with Crippen LogP contribution >= 0.6 is 0 Å². The van der Waals surface area contributed by atoms with Gasteiger partial charge in [-0.25, -0.2) is 4.98 Å². The van der Waals surface area contributed by atoms with Gasteiger partial charge in [0.2, 0.25) is 4.90 Å². The van der Waals surface area contributed by atoms with Gasteiger partial charge in [0.15, 0.2) is 0 Å². The summed E-state index contributed by atoms with van der Waals surface area (Å²) in [6.45, 7) is 1.82. The summed E-state index contributed by atoms with van der Waals surface area (Å²) >= 11 is 0. The normalized spacial score (nSPS) is 11.2. The van der Waals surface area contributed by atoms with E-state index >= 15 is 0 Å². The maximum absolute atomic E-state index is 12.0. The smallest absolute Gasteiger partial charge is 0.304 e. The first-order valence-corrected chi connectivity index (χ1v) is 6.83. The van der Waals surface area contributed by atoms with E-state index in [4.69, 9.17) is 0 Å². The van der Waals surface area contributed by atoms with Gasteiger partial charge < -0.3 is 10.1 Å². The van der Waals surface area contributed by atoms with Gasteiger partial charge >= 0.3 is 5.56 Å². The molecule has 5 heteroatoms. The third kappa shape index (κ3) is 1.67. The highest BCUT2D eigenvalue weighted by Gasteiger charge is 2.17. The topological polar surface area (TPSA) is 68.8 Å². The van der Waals surface area contributed by atoms with Crippen LogP contribution in [-0.2, 0) is 10.9 Å². The Morgan fingerprint density at radius 3 is 2.69 bits per heavy atom. The molecule has 0 spiro atoms. The molecule has 2 aromatic rings. The van der Waals surface area contributed by atoms with Crippen LogP contribution in [0, 0.1) is 6.92 Å². The predicted octanol–water partition coefficient (Wildman–Crippen LogP) is 0.542. The Bertz CT molecular complexity index is 605. The van der Waals surface area contributed by atoms with Gasteiger partial charge in [-0.3, -0.25) is 4.79 Å². The lowest BCUT2D eigenvalue weighted by atomic mass is 10.2. The molecule has 2 heterocycles. The number of aromatic nitrogens is 2. The SMILES string of the molecule is Cc1ccc2c([O-])c([S+](C)C)c(=O)[nH]c2n1. The predicted molar refractivity (Wildman–Crippen MR) is 64.0 cm³/mol. The first-order chi connectivity index (χ1) is 7.50. The fourth-order valence-corrected chi connectivity index (χ4v) is 2.50. The number of nitrogens with one attached hydrogen (secondary N) is 1. The van der Waals surface area contributed by atoms with E-state index in [0.29, 0.717) is 15.9 Å². The van der Waals surface area contributed by atoms with Crippen LogP contribution < -0.4 is 10.7 Å². The van der Waals surface area contributed by atoms with Gasteiger partial charge in [-0.15, -0.1) is 0 Å². The first-order valence-electron chi connectivity index (χ1n) is 4.79. The molecule has 0 saturated carbocycles. The quantitative estimate of drug-likeness (QED) is 0.735. The molecule has 0 aliphatic rings. The molecule has 1 N–H and O–H groups in total. The molecule has 16 heavy (non-hydrogen) atoms. The van der Waals surface area contributed by atoms with Gasteiger partial charge in [0.25, 0.3) is 0 Å². The Labute approximate surface area is 95.7 Å². The summed E-state index contributed by atoms with van der Waals surface area (Å²) in [6, 6.07) is 3.49. The molecule has 0 aromatic carbocycles. The minimum atomic E-state index is -0.348. The molecule has 0 radical (unpaired) electrons. The van der Waals surface area contributed by atoms with Gasteiger partial charge in [-0.05, 0) is 24.8 Å². The number of rotatable bonds is 1. The van der Waals surface area contributed by atoms with E-state index < -0.39 is 0 Å². The summed E-state index contributed by atoms with van der Waals surface area (Å²) in [5.41, 5.74) is 0.843. The van der Waals surface area contributed by atoms with E-state index in [1.807, 2.05) is 19.4 Å². The molecule has 84 valence electrons. The minimum Gasteiger partial charge on any atom is -0.868 e. The highest BCUT2D eigenvalue weighted by molar-refractivity contribution is 7.95. The van der Waals surface area contributed by atoms with E-state index in [1.165, 1.54) is 0 Å². The lowest BCUT2D eigenvalue weighted by molar-refractivity contribution is -0.270. The zero-order chi connectivity index (χ0) is 11.9. The first kappa shape index (κ1) is 11.0. The molecule has 0 atom stereocenters. The number of fused-ring (bicyclic) bond motifs is 1. The van der Waals surface area contributed by atoms with Crippen molar-refractivity contribution < 1.29 is 5.11 Å². The number of H-pyrrole nitrogens is 1. The molecule has 0 amide bonds. The molecule has 0 aliphatic heterocycles. The fourth-order valence-electron chi connectivity index (χ4n) is 1.60. The van der Waals surface area contributed by atoms with Crippen LogP contribution in [0.2, 0.25) is 0 Å². The van der Waals surface area contributed by atoms with E-state index in [-0.39, 0.29) is 22.2 Å².